The zero-order valence-electron chi connectivity index (χ0n) is 11.5. The van der Waals surface area contributed by atoms with Crippen LogP contribution in [0.5, 0.6) is 5.75 Å². The van der Waals surface area contributed by atoms with E-state index in [0.29, 0.717) is 0 Å². The number of aromatic nitrogens is 1. The van der Waals surface area contributed by atoms with Crippen molar-refractivity contribution in [2.24, 2.45) is 0 Å². The first-order valence-electron chi connectivity index (χ1n) is 6.76. The van der Waals surface area contributed by atoms with Crippen molar-refractivity contribution in [3.05, 3.63) is 54.1 Å². The summed E-state index contributed by atoms with van der Waals surface area (Å²) in [5.41, 5.74) is 3.68. The number of benzene rings is 3. The molecule has 4 rings (SSSR count). The summed E-state index contributed by atoms with van der Waals surface area (Å²) in [6.45, 7) is 2.15. The molecule has 4 aromatic rings. The standard InChI is InChI=1S/C18H15NO/c1-11-9-12-10-13(20-2)7-8-14(12)17-15-5-3-4-6-16(15)19-18(11)17/h3-10,19H,1-2H3. The number of methoxy groups -OCH3 is 1. The number of hydrogen-bond acceptors (Lipinski definition) is 1. The zero-order chi connectivity index (χ0) is 13.7. The van der Waals surface area contributed by atoms with Crippen molar-refractivity contribution in [1.82, 2.24) is 4.98 Å². The summed E-state index contributed by atoms with van der Waals surface area (Å²) in [6, 6.07) is 17.0. The van der Waals surface area contributed by atoms with Gasteiger partial charge in [0.25, 0.3) is 0 Å². The van der Waals surface area contributed by atoms with Gasteiger partial charge in [-0.15, -0.1) is 0 Å². The molecule has 0 bridgehead atoms. The molecule has 1 aromatic heterocycles. The molecule has 0 saturated carbocycles. The summed E-state index contributed by atoms with van der Waals surface area (Å²) in [6.07, 6.45) is 0. The molecule has 0 radical (unpaired) electrons. The Kier molecular flexibility index (Phi) is 2.27. The second-order valence-corrected chi connectivity index (χ2v) is 5.20. The van der Waals surface area contributed by atoms with Crippen LogP contribution < -0.4 is 4.74 Å². The van der Waals surface area contributed by atoms with Gasteiger partial charge in [-0.05, 0) is 53.6 Å². The number of fused-ring (bicyclic) bond motifs is 5. The summed E-state index contributed by atoms with van der Waals surface area (Å²) in [4.78, 5) is 3.54. The normalized spacial score (nSPS) is 11.5. The monoisotopic (exact) mass is 261 g/mol. The molecule has 1 N–H and O–H groups in total. The molecule has 0 aliphatic carbocycles. The Hall–Kier alpha value is -2.48. The first-order chi connectivity index (χ1) is 9.78. The molecule has 0 fully saturated rings. The fourth-order valence-corrected chi connectivity index (χ4v) is 3.04. The maximum atomic E-state index is 5.34. The van der Waals surface area contributed by atoms with Crippen molar-refractivity contribution in [2.75, 3.05) is 7.11 Å². The van der Waals surface area contributed by atoms with E-state index >= 15 is 0 Å². The Bertz CT molecular complexity index is 950. The third kappa shape index (κ3) is 1.45. The number of para-hydroxylation sites is 1. The molecule has 98 valence electrons. The Labute approximate surface area is 117 Å². The first-order valence-corrected chi connectivity index (χ1v) is 6.76. The van der Waals surface area contributed by atoms with Crippen LogP contribution in [-0.4, -0.2) is 12.1 Å². The van der Waals surface area contributed by atoms with Gasteiger partial charge >= 0.3 is 0 Å². The van der Waals surface area contributed by atoms with Crippen LogP contribution in [0.4, 0.5) is 0 Å². The fourth-order valence-electron chi connectivity index (χ4n) is 3.04. The van der Waals surface area contributed by atoms with Crippen LogP contribution >= 0.6 is 0 Å². The molecule has 2 heteroatoms. The van der Waals surface area contributed by atoms with Crippen LogP contribution in [0.25, 0.3) is 32.6 Å². The minimum Gasteiger partial charge on any atom is -0.497 e. The van der Waals surface area contributed by atoms with Crippen LogP contribution in [0.2, 0.25) is 0 Å². The minimum absolute atomic E-state index is 0.899. The van der Waals surface area contributed by atoms with Crippen LogP contribution in [0.1, 0.15) is 5.56 Å². The number of nitrogens with one attached hydrogen (secondary N) is 1. The molecule has 20 heavy (non-hydrogen) atoms. The Morgan fingerprint density at radius 1 is 0.950 bits per heavy atom. The van der Waals surface area contributed by atoms with Crippen LogP contribution in [0.3, 0.4) is 0 Å². The van der Waals surface area contributed by atoms with Gasteiger partial charge in [-0.25, -0.2) is 0 Å². The van der Waals surface area contributed by atoms with Gasteiger partial charge in [0.1, 0.15) is 5.75 Å². The van der Waals surface area contributed by atoms with Gasteiger partial charge in [0, 0.05) is 16.3 Å². The smallest absolute Gasteiger partial charge is 0.119 e. The minimum atomic E-state index is 0.899. The van der Waals surface area contributed by atoms with Gasteiger partial charge in [0.05, 0.1) is 12.6 Å². The highest BCUT2D eigenvalue weighted by Crippen LogP contribution is 2.35. The highest BCUT2D eigenvalue weighted by Gasteiger charge is 2.10. The summed E-state index contributed by atoms with van der Waals surface area (Å²) in [7, 11) is 1.71. The molecular weight excluding hydrogens is 246 g/mol. The second-order valence-electron chi connectivity index (χ2n) is 5.20. The Morgan fingerprint density at radius 2 is 1.80 bits per heavy atom. The Balaban J connectivity index is 2.27. The Morgan fingerprint density at radius 3 is 2.65 bits per heavy atom. The van der Waals surface area contributed by atoms with E-state index in [1.807, 2.05) is 6.07 Å². The van der Waals surface area contributed by atoms with Gasteiger partial charge in [0.15, 0.2) is 0 Å². The molecule has 0 spiro atoms. The lowest BCUT2D eigenvalue weighted by Gasteiger charge is -2.06. The van der Waals surface area contributed by atoms with E-state index in [4.69, 9.17) is 4.74 Å². The maximum absolute atomic E-state index is 5.34. The van der Waals surface area contributed by atoms with Crippen molar-refractivity contribution in [3.63, 3.8) is 0 Å². The summed E-state index contributed by atoms with van der Waals surface area (Å²) in [5.74, 6) is 0.899. The third-order valence-electron chi connectivity index (χ3n) is 4.00. The van der Waals surface area contributed by atoms with Gasteiger partial charge in [-0.2, -0.15) is 0 Å². The number of ether oxygens (including phenoxy) is 1. The van der Waals surface area contributed by atoms with Gasteiger partial charge in [0.2, 0.25) is 0 Å². The van der Waals surface area contributed by atoms with E-state index in [1.165, 1.54) is 38.1 Å². The number of aromatic amines is 1. The lowest BCUT2D eigenvalue weighted by Crippen LogP contribution is -1.84. The highest BCUT2D eigenvalue weighted by molar-refractivity contribution is 6.21. The third-order valence-corrected chi connectivity index (χ3v) is 4.00. The van der Waals surface area contributed by atoms with Crippen molar-refractivity contribution >= 4 is 32.6 Å². The van der Waals surface area contributed by atoms with E-state index in [9.17, 15) is 0 Å². The van der Waals surface area contributed by atoms with Gasteiger partial charge in [-0.3, -0.25) is 0 Å². The van der Waals surface area contributed by atoms with E-state index in [1.54, 1.807) is 7.11 Å². The molecule has 0 atom stereocenters. The number of aryl methyl sites for hydroxylation is 1. The highest BCUT2D eigenvalue weighted by atomic mass is 16.5. The van der Waals surface area contributed by atoms with E-state index in [-0.39, 0.29) is 0 Å². The van der Waals surface area contributed by atoms with Crippen LogP contribution in [-0.2, 0) is 0 Å². The first kappa shape index (κ1) is 11.4. The molecule has 1 heterocycles. The molecule has 0 saturated heterocycles. The molecule has 0 unspecified atom stereocenters. The molecule has 0 aliphatic heterocycles. The van der Waals surface area contributed by atoms with Crippen molar-refractivity contribution in [1.29, 1.82) is 0 Å². The van der Waals surface area contributed by atoms with E-state index in [2.05, 4.69) is 54.4 Å². The SMILES string of the molecule is COc1ccc2c(c1)cc(C)c1[nH]c3ccccc3c12. The molecule has 0 aliphatic rings. The topological polar surface area (TPSA) is 25.0 Å². The summed E-state index contributed by atoms with van der Waals surface area (Å²) in [5, 5.41) is 5.07. The lowest BCUT2D eigenvalue weighted by atomic mass is 10.0. The second kappa shape index (κ2) is 4.01. The molecule has 2 nitrogen and oxygen atoms in total. The number of hydrogen-bond donors (Lipinski definition) is 1. The summed E-state index contributed by atoms with van der Waals surface area (Å²) < 4.78 is 5.34. The lowest BCUT2D eigenvalue weighted by molar-refractivity contribution is 0.415. The van der Waals surface area contributed by atoms with Crippen LogP contribution in [0.15, 0.2) is 48.5 Å². The summed E-state index contributed by atoms with van der Waals surface area (Å²) >= 11 is 0. The predicted octanol–water partition coefficient (Wildman–Crippen LogP) is 4.79. The van der Waals surface area contributed by atoms with Gasteiger partial charge < -0.3 is 9.72 Å². The molecule has 0 amide bonds. The van der Waals surface area contributed by atoms with Crippen LogP contribution in [0, 0.1) is 6.92 Å². The molecular formula is C18H15NO. The number of rotatable bonds is 1. The number of H-pyrrole nitrogens is 1. The van der Waals surface area contributed by atoms with Crippen molar-refractivity contribution < 1.29 is 4.74 Å². The fraction of sp³-hybridized carbons (Fsp3) is 0.111. The molecule has 3 aromatic carbocycles. The van der Waals surface area contributed by atoms with Crippen molar-refractivity contribution in [3.8, 4) is 5.75 Å². The van der Waals surface area contributed by atoms with Gasteiger partial charge in [-0.1, -0.05) is 18.2 Å². The quantitative estimate of drug-likeness (QED) is 0.523. The van der Waals surface area contributed by atoms with E-state index < -0.39 is 0 Å². The zero-order valence-corrected chi connectivity index (χ0v) is 11.5. The maximum Gasteiger partial charge on any atom is 0.119 e. The predicted molar refractivity (Wildman–Crippen MR) is 84.6 cm³/mol. The van der Waals surface area contributed by atoms with E-state index in [0.717, 1.165) is 5.75 Å². The van der Waals surface area contributed by atoms with Crippen molar-refractivity contribution in [2.45, 2.75) is 6.92 Å². The average Bonchev–Trinajstić information content (AvgIpc) is 2.87. The largest absolute Gasteiger partial charge is 0.497 e. The average molecular weight is 261 g/mol.